The van der Waals surface area contributed by atoms with Crippen LogP contribution in [0.3, 0.4) is 0 Å². The number of nitrogens with zero attached hydrogens (tertiary/aromatic N) is 3. The van der Waals surface area contributed by atoms with Crippen molar-refractivity contribution in [2.75, 3.05) is 19.7 Å². The maximum atomic E-state index is 12.4. The fourth-order valence-corrected chi connectivity index (χ4v) is 3.83. The average Bonchev–Trinajstić information content (AvgIpc) is 3.11. The van der Waals surface area contributed by atoms with E-state index in [-0.39, 0.29) is 30.2 Å². The predicted octanol–water partition coefficient (Wildman–Crippen LogP) is 2.34. The van der Waals surface area contributed by atoms with E-state index < -0.39 is 5.97 Å². The molecule has 2 fully saturated rings. The third-order valence-corrected chi connectivity index (χ3v) is 5.49. The normalized spacial score (nSPS) is 25.1. The van der Waals surface area contributed by atoms with Gasteiger partial charge in [-0.25, -0.2) is 4.79 Å². The minimum absolute atomic E-state index is 0.0583. The van der Waals surface area contributed by atoms with Crippen molar-refractivity contribution in [1.29, 1.82) is 0 Å². The van der Waals surface area contributed by atoms with Gasteiger partial charge in [-0.15, -0.1) is 0 Å². The van der Waals surface area contributed by atoms with Crippen LogP contribution in [-0.4, -0.2) is 57.5 Å². The molecule has 1 saturated carbocycles. The molecule has 3 rings (SSSR count). The van der Waals surface area contributed by atoms with Crippen LogP contribution in [0.4, 0.5) is 0 Å². The molecule has 138 valence electrons. The fraction of sp³-hybridized carbons (Fsp3) is 0.722. The van der Waals surface area contributed by atoms with E-state index in [1.54, 1.807) is 10.9 Å². The molecule has 1 aromatic heterocycles. The first-order chi connectivity index (χ1) is 12.0. The molecule has 2 atom stereocenters. The molecule has 2 heterocycles. The van der Waals surface area contributed by atoms with Crippen molar-refractivity contribution < 1.29 is 19.4 Å². The van der Waals surface area contributed by atoms with Gasteiger partial charge in [-0.05, 0) is 31.6 Å². The van der Waals surface area contributed by atoms with Crippen LogP contribution in [0, 0.1) is 5.92 Å². The predicted molar refractivity (Wildman–Crippen MR) is 91.4 cm³/mol. The SMILES string of the molecule is CC1CCCCC1OCC(=O)N1CCC(n2cc(C(=O)O)cn2)CC1. The number of carboxylic acids is 1. The van der Waals surface area contributed by atoms with Crippen molar-refractivity contribution in [3.05, 3.63) is 18.0 Å². The number of likely N-dealkylation sites (tertiary alicyclic amines) is 1. The molecule has 1 aromatic rings. The van der Waals surface area contributed by atoms with E-state index in [0.29, 0.717) is 19.0 Å². The van der Waals surface area contributed by atoms with E-state index in [1.165, 1.54) is 25.5 Å². The second-order valence-electron chi connectivity index (χ2n) is 7.24. The maximum absolute atomic E-state index is 12.4. The summed E-state index contributed by atoms with van der Waals surface area (Å²) >= 11 is 0. The number of carboxylic acid groups (broad SMARTS) is 1. The highest BCUT2D eigenvalue weighted by molar-refractivity contribution is 5.86. The molecule has 25 heavy (non-hydrogen) atoms. The molecule has 1 amide bonds. The standard InChI is InChI=1S/C18H27N3O4/c1-13-4-2-3-5-16(13)25-12-17(22)20-8-6-15(7-9-20)21-11-14(10-19-21)18(23)24/h10-11,13,15-16H,2-9,12H2,1H3,(H,23,24). The van der Waals surface area contributed by atoms with Crippen LogP contribution in [0.2, 0.25) is 0 Å². The number of amides is 1. The molecule has 1 N–H and O–H groups in total. The molecule has 1 saturated heterocycles. The number of aromatic carboxylic acids is 1. The summed E-state index contributed by atoms with van der Waals surface area (Å²) in [6.07, 6.45) is 9.42. The van der Waals surface area contributed by atoms with E-state index in [9.17, 15) is 9.59 Å². The van der Waals surface area contributed by atoms with Crippen LogP contribution in [0.1, 0.15) is 61.8 Å². The van der Waals surface area contributed by atoms with Crippen molar-refractivity contribution >= 4 is 11.9 Å². The van der Waals surface area contributed by atoms with Gasteiger partial charge in [0.25, 0.3) is 0 Å². The Bertz CT molecular complexity index is 607. The van der Waals surface area contributed by atoms with Gasteiger partial charge < -0.3 is 14.7 Å². The van der Waals surface area contributed by atoms with Gasteiger partial charge in [-0.3, -0.25) is 9.48 Å². The first-order valence-electron chi connectivity index (χ1n) is 9.21. The summed E-state index contributed by atoms with van der Waals surface area (Å²) in [6.45, 7) is 3.70. The second kappa shape index (κ2) is 7.99. The van der Waals surface area contributed by atoms with Gasteiger partial charge in [0.1, 0.15) is 6.61 Å². The van der Waals surface area contributed by atoms with Gasteiger partial charge in [-0.1, -0.05) is 19.8 Å². The number of piperidine rings is 1. The third kappa shape index (κ3) is 4.39. The summed E-state index contributed by atoms with van der Waals surface area (Å²) in [5.74, 6) is -0.369. The first-order valence-corrected chi connectivity index (χ1v) is 9.21. The zero-order chi connectivity index (χ0) is 17.8. The summed E-state index contributed by atoms with van der Waals surface area (Å²) in [5, 5.41) is 13.1. The summed E-state index contributed by atoms with van der Waals surface area (Å²) in [6, 6.07) is 0.149. The lowest BCUT2D eigenvalue weighted by atomic mass is 9.88. The smallest absolute Gasteiger partial charge is 0.338 e. The zero-order valence-electron chi connectivity index (χ0n) is 14.8. The highest BCUT2D eigenvalue weighted by Gasteiger charge is 2.27. The maximum Gasteiger partial charge on any atom is 0.338 e. The Labute approximate surface area is 147 Å². The highest BCUT2D eigenvalue weighted by atomic mass is 16.5. The molecule has 0 aromatic carbocycles. The molecular weight excluding hydrogens is 322 g/mol. The third-order valence-electron chi connectivity index (χ3n) is 5.49. The molecular formula is C18H27N3O4. The minimum atomic E-state index is -0.965. The van der Waals surface area contributed by atoms with Crippen molar-refractivity contribution in [3.8, 4) is 0 Å². The Morgan fingerprint density at radius 2 is 1.96 bits per heavy atom. The number of carbonyl (C=O) groups excluding carboxylic acids is 1. The number of rotatable bonds is 5. The van der Waals surface area contributed by atoms with E-state index in [2.05, 4.69) is 12.0 Å². The molecule has 0 radical (unpaired) electrons. The van der Waals surface area contributed by atoms with Crippen molar-refractivity contribution in [2.24, 2.45) is 5.92 Å². The molecule has 7 heteroatoms. The van der Waals surface area contributed by atoms with Gasteiger partial charge in [0, 0.05) is 19.3 Å². The van der Waals surface area contributed by atoms with Crippen molar-refractivity contribution in [1.82, 2.24) is 14.7 Å². The number of carbonyl (C=O) groups is 2. The molecule has 1 aliphatic heterocycles. The topological polar surface area (TPSA) is 84.7 Å². The minimum Gasteiger partial charge on any atom is -0.478 e. The van der Waals surface area contributed by atoms with Crippen molar-refractivity contribution in [3.63, 3.8) is 0 Å². The van der Waals surface area contributed by atoms with Gasteiger partial charge in [-0.2, -0.15) is 5.10 Å². The number of hydrogen-bond acceptors (Lipinski definition) is 4. The van der Waals surface area contributed by atoms with Crippen LogP contribution in [0.25, 0.3) is 0 Å². The van der Waals surface area contributed by atoms with Gasteiger partial charge in [0.05, 0.1) is 23.9 Å². The van der Waals surface area contributed by atoms with E-state index in [1.807, 2.05) is 4.90 Å². The fourth-order valence-electron chi connectivity index (χ4n) is 3.83. The molecule has 2 aliphatic rings. The average molecular weight is 349 g/mol. The van der Waals surface area contributed by atoms with Crippen LogP contribution in [0.5, 0.6) is 0 Å². The van der Waals surface area contributed by atoms with E-state index in [4.69, 9.17) is 9.84 Å². The van der Waals surface area contributed by atoms with Crippen LogP contribution < -0.4 is 0 Å². The van der Waals surface area contributed by atoms with Gasteiger partial charge in [0.2, 0.25) is 5.91 Å². The number of aromatic nitrogens is 2. The van der Waals surface area contributed by atoms with E-state index >= 15 is 0 Å². The molecule has 0 bridgehead atoms. The lowest BCUT2D eigenvalue weighted by Crippen LogP contribution is -2.42. The summed E-state index contributed by atoms with van der Waals surface area (Å²) in [7, 11) is 0. The Hall–Kier alpha value is -1.89. The highest BCUT2D eigenvalue weighted by Crippen LogP contribution is 2.27. The monoisotopic (exact) mass is 349 g/mol. The Morgan fingerprint density at radius 3 is 2.60 bits per heavy atom. The van der Waals surface area contributed by atoms with Gasteiger partial charge in [0.15, 0.2) is 0 Å². The quantitative estimate of drug-likeness (QED) is 0.882. The number of hydrogen-bond donors (Lipinski definition) is 1. The molecule has 7 nitrogen and oxygen atoms in total. The number of ether oxygens (including phenoxy) is 1. The molecule has 1 aliphatic carbocycles. The summed E-state index contributed by atoms with van der Waals surface area (Å²) < 4.78 is 7.59. The molecule has 0 spiro atoms. The van der Waals surface area contributed by atoms with Crippen molar-refractivity contribution in [2.45, 2.75) is 57.6 Å². The van der Waals surface area contributed by atoms with Crippen LogP contribution in [0.15, 0.2) is 12.4 Å². The second-order valence-corrected chi connectivity index (χ2v) is 7.24. The van der Waals surface area contributed by atoms with Crippen LogP contribution in [-0.2, 0) is 9.53 Å². The lowest BCUT2D eigenvalue weighted by molar-refractivity contribution is -0.141. The Morgan fingerprint density at radius 1 is 1.24 bits per heavy atom. The largest absolute Gasteiger partial charge is 0.478 e. The van der Waals surface area contributed by atoms with E-state index in [0.717, 1.165) is 19.3 Å². The summed E-state index contributed by atoms with van der Waals surface area (Å²) in [4.78, 5) is 25.2. The summed E-state index contributed by atoms with van der Waals surface area (Å²) in [5.41, 5.74) is 0.202. The molecule has 2 unspecified atom stereocenters. The van der Waals surface area contributed by atoms with Crippen LogP contribution >= 0.6 is 0 Å². The Kier molecular flexibility index (Phi) is 5.73. The first kappa shape index (κ1) is 17.9. The lowest BCUT2D eigenvalue weighted by Gasteiger charge is -2.33. The zero-order valence-corrected chi connectivity index (χ0v) is 14.8. The van der Waals surface area contributed by atoms with Gasteiger partial charge >= 0.3 is 5.97 Å². The Balaban J connectivity index is 1.44.